The SMILES string of the molecule is COc1ccc2cc(C(=O)OC(C)(C)C)c(-c3ccccc3)nc2c1. The Balaban J connectivity index is 2.20. The van der Waals surface area contributed by atoms with E-state index < -0.39 is 5.60 Å². The molecule has 0 saturated heterocycles. The number of benzene rings is 2. The molecule has 3 aromatic rings. The van der Waals surface area contributed by atoms with Gasteiger partial charge in [0.2, 0.25) is 0 Å². The van der Waals surface area contributed by atoms with E-state index in [0.717, 1.165) is 22.2 Å². The van der Waals surface area contributed by atoms with Crippen molar-refractivity contribution in [2.24, 2.45) is 0 Å². The van der Waals surface area contributed by atoms with Crippen molar-refractivity contribution in [2.45, 2.75) is 26.4 Å². The highest BCUT2D eigenvalue weighted by molar-refractivity contribution is 6.00. The Morgan fingerprint density at radius 3 is 2.36 bits per heavy atom. The summed E-state index contributed by atoms with van der Waals surface area (Å²) in [6.45, 7) is 5.56. The van der Waals surface area contributed by atoms with Gasteiger partial charge in [0.25, 0.3) is 0 Å². The number of pyridine rings is 1. The van der Waals surface area contributed by atoms with E-state index in [4.69, 9.17) is 14.5 Å². The zero-order valence-electron chi connectivity index (χ0n) is 14.9. The minimum atomic E-state index is -0.570. The molecule has 0 atom stereocenters. The molecule has 0 N–H and O–H groups in total. The van der Waals surface area contributed by atoms with E-state index >= 15 is 0 Å². The fourth-order valence-electron chi connectivity index (χ4n) is 2.58. The molecule has 25 heavy (non-hydrogen) atoms. The molecule has 0 fully saturated rings. The third kappa shape index (κ3) is 3.79. The molecule has 0 saturated carbocycles. The van der Waals surface area contributed by atoms with Crippen LogP contribution in [0, 0.1) is 0 Å². The smallest absolute Gasteiger partial charge is 0.340 e. The lowest BCUT2D eigenvalue weighted by atomic mass is 10.0. The number of fused-ring (bicyclic) bond motifs is 1. The van der Waals surface area contributed by atoms with Crippen LogP contribution in [0.4, 0.5) is 0 Å². The molecule has 1 aromatic heterocycles. The number of esters is 1. The highest BCUT2D eigenvalue weighted by Crippen LogP contribution is 2.29. The summed E-state index contributed by atoms with van der Waals surface area (Å²) in [5.41, 5.74) is 2.13. The molecule has 0 spiro atoms. The summed E-state index contributed by atoms with van der Waals surface area (Å²) >= 11 is 0. The molecule has 0 bridgehead atoms. The number of methoxy groups -OCH3 is 1. The standard InChI is InChI=1S/C21H21NO3/c1-21(2,3)25-20(23)17-12-15-10-11-16(24-4)13-18(15)22-19(17)14-8-6-5-7-9-14/h5-13H,1-4H3. The lowest BCUT2D eigenvalue weighted by Crippen LogP contribution is -2.24. The van der Waals surface area contributed by atoms with E-state index in [0.29, 0.717) is 11.3 Å². The van der Waals surface area contributed by atoms with Crippen molar-refractivity contribution in [1.29, 1.82) is 0 Å². The first-order chi connectivity index (χ1) is 11.9. The number of rotatable bonds is 3. The van der Waals surface area contributed by atoms with Gasteiger partial charge in [0.15, 0.2) is 0 Å². The van der Waals surface area contributed by atoms with E-state index in [1.54, 1.807) is 7.11 Å². The molecule has 128 valence electrons. The summed E-state index contributed by atoms with van der Waals surface area (Å²) in [5, 5.41) is 0.862. The van der Waals surface area contributed by atoms with Gasteiger partial charge in [0, 0.05) is 17.0 Å². The molecule has 3 rings (SSSR count). The average Bonchev–Trinajstić information content (AvgIpc) is 2.59. The zero-order chi connectivity index (χ0) is 18.0. The third-order valence-electron chi connectivity index (χ3n) is 3.69. The first kappa shape index (κ1) is 17.0. The van der Waals surface area contributed by atoms with Gasteiger partial charge in [-0.05, 0) is 39.0 Å². The lowest BCUT2D eigenvalue weighted by molar-refractivity contribution is 0.00703. The summed E-state index contributed by atoms with van der Waals surface area (Å²) < 4.78 is 10.9. The van der Waals surface area contributed by atoms with Crippen LogP contribution in [0.5, 0.6) is 5.75 Å². The van der Waals surface area contributed by atoms with Crippen molar-refractivity contribution in [3.05, 3.63) is 60.2 Å². The van der Waals surface area contributed by atoms with E-state index in [-0.39, 0.29) is 5.97 Å². The molecular weight excluding hydrogens is 314 g/mol. The molecular formula is C21H21NO3. The molecule has 4 heteroatoms. The van der Waals surface area contributed by atoms with Gasteiger partial charge in [-0.3, -0.25) is 0 Å². The number of carbonyl (C=O) groups excluding carboxylic acids is 1. The van der Waals surface area contributed by atoms with Gasteiger partial charge in [0.05, 0.1) is 23.9 Å². The number of aromatic nitrogens is 1. The summed E-state index contributed by atoms with van der Waals surface area (Å²) in [6, 6.07) is 17.1. The Bertz CT molecular complexity index is 912. The lowest BCUT2D eigenvalue weighted by Gasteiger charge is -2.20. The summed E-state index contributed by atoms with van der Waals surface area (Å²) in [4.78, 5) is 17.5. The molecule has 2 aromatic carbocycles. The summed E-state index contributed by atoms with van der Waals surface area (Å²) in [5.74, 6) is 0.348. The monoisotopic (exact) mass is 335 g/mol. The number of nitrogens with zero attached hydrogens (tertiary/aromatic N) is 1. The van der Waals surface area contributed by atoms with Gasteiger partial charge >= 0.3 is 5.97 Å². The van der Waals surface area contributed by atoms with Gasteiger partial charge in [-0.1, -0.05) is 30.3 Å². The Kier molecular flexibility index (Phi) is 4.45. The van der Waals surface area contributed by atoms with E-state index in [9.17, 15) is 4.79 Å². The van der Waals surface area contributed by atoms with Crippen molar-refractivity contribution in [3.63, 3.8) is 0 Å². The van der Waals surface area contributed by atoms with E-state index in [1.807, 2.05) is 75.4 Å². The van der Waals surface area contributed by atoms with Crippen LogP contribution in [-0.4, -0.2) is 23.7 Å². The molecule has 0 amide bonds. The van der Waals surface area contributed by atoms with E-state index in [1.165, 1.54) is 0 Å². The van der Waals surface area contributed by atoms with Gasteiger partial charge in [-0.25, -0.2) is 9.78 Å². The second kappa shape index (κ2) is 6.55. The first-order valence-electron chi connectivity index (χ1n) is 8.15. The Morgan fingerprint density at radius 1 is 1.00 bits per heavy atom. The molecule has 0 aliphatic rings. The second-order valence-corrected chi connectivity index (χ2v) is 6.81. The third-order valence-corrected chi connectivity index (χ3v) is 3.69. The van der Waals surface area contributed by atoms with Crippen LogP contribution in [0.25, 0.3) is 22.2 Å². The molecule has 4 nitrogen and oxygen atoms in total. The van der Waals surface area contributed by atoms with Crippen LogP contribution in [0.1, 0.15) is 31.1 Å². The van der Waals surface area contributed by atoms with Crippen LogP contribution in [0.15, 0.2) is 54.6 Å². The van der Waals surface area contributed by atoms with E-state index in [2.05, 4.69) is 0 Å². The summed E-state index contributed by atoms with van der Waals surface area (Å²) in [6.07, 6.45) is 0. The van der Waals surface area contributed by atoms with Gasteiger partial charge in [-0.2, -0.15) is 0 Å². The van der Waals surface area contributed by atoms with Crippen LogP contribution < -0.4 is 4.74 Å². The van der Waals surface area contributed by atoms with Crippen molar-refractivity contribution in [2.75, 3.05) is 7.11 Å². The number of carbonyl (C=O) groups is 1. The highest BCUT2D eigenvalue weighted by atomic mass is 16.6. The fraction of sp³-hybridized carbons (Fsp3) is 0.238. The van der Waals surface area contributed by atoms with Crippen molar-refractivity contribution >= 4 is 16.9 Å². The van der Waals surface area contributed by atoms with Crippen molar-refractivity contribution < 1.29 is 14.3 Å². The van der Waals surface area contributed by atoms with Crippen molar-refractivity contribution in [1.82, 2.24) is 4.98 Å². The fourth-order valence-corrected chi connectivity index (χ4v) is 2.58. The molecule has 0 aliphatic heterocycles. The Labute approximate surface area is 147 Å². The Hall–Kier alpha value is -2.88. The van der Waals surface area contributed by atoms with Gasteiger partial charge in [-0.15, -0.1) is 0 Å². The average molecular weight is 335 g/mol. The van der Waals surface area contributed by atoms with Crippen LogP contribution >= 0.6 is 0 Å². The molecule has 0 radical (unpaired) electrons. The minimum absolute atomic E-state index is 0.378. The first-order valence-corrected chi connectivity index (χ1v) is 8.15. The van der Waals surface area contributed by atoms with Crippen LogP contribution in [0.3, 0.4) is 0 Å². The summed E-state index contributed by atoms with van der Waals surface area (Å²) in [7, 11) is 1.62. The minimum Gasteiger partial charge on any atom is -0.497 e. The second-order valence-electron chi connectivity index (χ2n) is 6.81. The largest absolute Gasteiger partial charge is 0.497 e. The predicted octanol–water partition coefficient (Wildman–Crippen LogP) is 4.87. The quantitative estimate of drug-likeness (QED) is 0.641. The van der Waals surface area contributed by atoms with Gasteiger partial charge < -0.3 is 9.47 Å². The predicted molar refractivity (Wildman–Crippen MR) is 98.9 cm³/mol. The maximum absolute atomic E-state index is 12.7. The van der Waals surface area contributed by atoms with Gasteiger partial charge in [0.1, 0.15) is 11.4 Å². The number of hydrogen-bond donors (Lipinski definition) is 0. The normalized spacial score (nSPS) is 11.4. The maximum Gasteiger partial charge on any atom is 0.340 e. The molecule has 0 aliphatic carbocycles. The highest BCUT2D eigenvalue weighted by Gasteiger charge is 2.22. The zero-order valence-corrected chi connectivity index (χ0v) is 14.9. The topological polar surface area (TPSA) is 48.4 Å². The van der Waals surface area contributed by atoms with Crippen LogP contribution in [-0.2, 0) is 4.74 Å². The number of ether oxygens (including phenoxy) is 2. The maximum atomic E-state index is 12.7. The van der Waals surface area contributed by atoms with Crippen molar-refractivity contribution in [3.8, 4) is 17.0 Å². The molecule has 1 heterocycles. The van der Waals surface area contributed by atoms with Crippen LogP contribution in [0.2, 0.25) is 0 Å². The Morgan fingerprint density at radius 2 is 1.72 bits per heavy atom. The molecule has 0 unspecified atom stereocenters. The number of hydrogen-bond acceptors (Lipinski definition) is 4.